The fourth-order valence-electron chi connectivity index (χ4n) is 2.22. The van der Waals surface area contributed by atoms with Gasteiger partial charge in [-0.1, -0.05) is 34.1 Å². The predicted octanol–water partition coefficient (Wildman–Crippen LogP) is 3.71. The zero-order valence-corrected chi connectivity index (χ0v) is 13.2. The summed E-state index contributed by atoms with van der Waals surface area (Å²) in [5, 5.41) is 0. The van der Waals surface area contributed by atoms with Crippen molar-refractivity contribution in [3.05, 3.63) is 58.1 Å². The topological polar surface area (TPSA) is 44.5 Å². The van der Waals surface area contributed by atoms with Crippen molar-refractivity contribution in [3.8, 4) is 11.5 Å². The van der Waals surface area contributed by atoms with Gasteiger partial charge >= 0.3 is 0 Å². The number of ether oxygens (including phenoxy) is 2. The van der Waals surface area contributed by atoms with Crippen LogP contribution in [-0.4, -0.2) is 14.2 Å². The zero-order chi connectivity index (χ0) is 14.5. The predicted molar refractivity (Wildman–Crippen MR) is 84.3 cm³/mol. The number of hydrogen-bond donors (Lipinski definition) is 1. The summed E-state index contributed by atoms with van der Waals surface area (Å²) in [7, 11) is 3.29. The van der Waals surface area contributed by atoms with Crippen molar-refractivity contribution < 1.29 is 9.47 Å². The third kappa shape index (κ3) is 3.32. The summed E-state index contributed by atoms with van der Waals surface area (Å²) >= 11 is 3.43. The molecule has 20 heavy (non-hydrogen) atoms. The van der Waals surface area contributed by atoms with E-state index in [1.54, 1.807) is 14.2 Å². The molecule has 0 amide bonds. The van der Waals surface area contributed by atoms with Gasteiger partial charge in [-0.2, -0.15) is 0 Å². The highest BCUT2D eigenvalue weighted by Crippen LogP contribution is 2.34. The second-order valence-corrected chi connectivity index (χ2v) is 5.43. The minimum atomic E-state index is -0.178. The highest BCUT2D eigenvalue weighted by atomic mass is 79.9. The molecule has 0 radical (unpaired) electrons. The lowest BCUT2D eigenvalue weighted by atomic mass is 9.98. The van der Waals surface area contributed by atoms with Crippen molar-refractivity contribution in [2.75, 3.05) is 14.2 Å². The lowest BCUT2D eigenvalue weighted by Gasteiger charge is -2.19. The van der Waals surface area contributed by atoms with Crippen LogP contribution < -0.4 is 15.2 Å². The van der Waals surface area contributed by atoms with Gasteiger partial charge in [0.15, 0.2) is 0 Å². The van der Waals surface area contributed by atoms with Crippen molar-refractivity contribution >= 4 is 15.9 Å². The normalized spacial score (nSPS) is 12.0. The van der Waals surface area contributed by atoms with Crippen molar-refractivity contribution in [2.45, 2.75) is 12.5 Å². The van der Waals surface area contributed by atoms with Crippen LogP contribution in [0, 0.1) is 0 Å². The Morgan fingerprint density at radius 2 is 1.55 bits per heavy atom. The minimum Gasteiger partial charge on any atom is -0.496 e. The van der Waals surface area contributed by atoms with Crippen molar-refractivity contribution in [3.63, 3.8) is 0 Å². The second-order valence-electron chi connectivity index (χ2n) is 4.51. The van der Waals surface area contributed by atoms with E-state index in [9.17, 15) is 0 Å². The van der Waals surface area contributed by atoms with Crippen LogP contribution in [0.2, 0.25) is 0 Å². The van der Waals surface area contributed by atoms with Gasteiger partial charge in [-0.15, -0.1) is 0 Å². The van der Waals surface area contributed by atoms with E-state index in [4.69, 9.17) is 15.2 Å². The summed E-state index contributed by atoms with van der Waals surface area (Å²) in [6, 6.07) is 13.7. The van der Waals surface area contributed by atoms with Crippen LogP contribution in [0.5, 0.6) is 11.5 Å². The number of hydrogen-bond acceptors (Lipinski definition) is 3. The van der Waals surface area contributed by atoms with E-state index in [0.29, 0.717) is 0 Å². The van der Waals surface area contributed by atoms with Gasteiger partial charge in [-0.05, 0) is 36.2 Å². The number of halogens is 1. The molecule has 2 aromatic carbocycles. The average molecular weight is 336 g/mol. The molecule has 0 bridgehead atoms. The van der Waals surface area contributed by atoms with Gasteiger partial charge in [0.1, 0.15) is 11.5 Å². The lowest BCUT2D eigenvalue weighted by Crippen LogP contribution is -2.15. The molecule has 4 heteroatoms. The Labute approximate surface area is 127 Å². The Hall–Kier alpha value is -1.52. The number of nitrogens with two attached hydrogens (primary N) is 1. The van der Waals surface area contributed by atoms with E-state index in [-0.39, 0.29) is 6.04 Å². The summed E-state index contributed by atoms with van der Waals surface area (Å²) < 4.78 is 11.9. The van der Waals surface area contributed by atoms with E-state index in [0.717, 1.165) is 28.0 Å². The zero-order valence-electron chi connectivity index (χ0n) is 11.6. The first-order valence-electron chi connectivity index (χ1n) is 6.36. The summed E-state index contributed by atoms with van der Waals surface area (Å²) in [5.74, 6) is 1.52. The van der Waals surface area contributed by atoms with Gasteiger partial charge in [0.2, 0.25) is 0 Å². The van der Waals surface area contributed by atoms with Gasteiger partial charge in [-0.3, -0.25) is 0 Å². The van der Waals surface area contributed by atoms with E-state index in [1.807, 2.05) is 30.3 Å². The number of methoxy groups -OCH3 is 2. The number of rotatable bonds is 5. The van der Waals surface area contributed by atoms with Crippen LogP contribution in [0.15, 0.2) is 46.9 Å². The van der Waals surface area contributed by atoms with Gasteiger partial charge in [0, 0.05) is 10.5 Å². The Morgan fingerprint density at radius 1 is 1.00 bits per heavy atom. The minimum absolute atomic E-state index is 0.178. The van der Waals surface area contributed by atoms with Crippen LogP contribution >= 0.6 is 15.9 Å². The van der Waals surface area contributed by atoms with Crippen LogP contribution in [0.1, 0.15) is 17.2 Å². The first-order valence-corrected chi connectivity index (χ1v) is 7.16. The molecule has 0 aliphatic rings. The molecule has 2 rings (SSSR count). The SMILES string of the molecule is COc1cccc(OC)c1C(N)Cc1ccc(Br)cc1. The van der Waals surface area contributed by atoms with E-state index >= 15 is 0 Å². The molecule has 3 nitrogen and oxygen atoms in total. The maximum absolute atomic E-state index is 6.35. The molecule has 2 N–H and O–H groups in total. The second kappa shape index (κ2) is 6.77. The first kappa shape index (κ1) is 14.9. The van der Waals surface area contributed by atoms with E-state index in [1.165, 1.54) is 5.56 Å². The highest BCUT2D eigenvalue weighted by Gasteiger charge is 2.17. The molecule has 0 aliphatic carbocycles. The maximum atomic E-state index is 6.35. The molecule has 0 saturated heterocycles. The van der Waals surface area contributed by atoms with Gasteiger partial charge < -0.3 is 15.2 Å². The molecule has 0 heterocycles. The molecular formula is C16H18BrNO2. The molecule has 0 aromatic heterocycles. The van der Waals surface area contributed by atoms with Crippen molar-refractivity contribution in [2.24, 2.45) is 5.73 Å². The maximum Gasteiger partial charge on any atom is 0.127 e. The fraction of sp³-hybridized carbons (Fsp3) is 0.250. The quantitative estimate of drug-likeness (QED) is 0.905. The van der Waals surface area contributed by atoms with Crippen LogP contribution in [0.25, 0.3) is 0 Å². The molecular weight excluding hydrogens is 318 g/mol. The molecule has 2 aromatic rings. The molecule has 1 unspecified atom stereocenters. The van der Waals surface area contributed by atoms with Crippen LogP contribution in [0.3, 0.4) is 0 Å². The molecule has 0 spiro atoms. The Balaban J connectivity index is 2.28. The Morgan fingerprint density at radius 3 is 2.05 bits per heavy atom. The third-order valence-corrected chi connectivity index (χ3v) is 3.73. The standard InChI is InChI=1S/C16H18BrNO2/c1-19-14-4-3-5-15(20-2)16(14)13(18)10-11-6-8-12(17)9-7-11/h3-9,13H,10,18H2,1-2H3. The number of benzene rings is 2. The van der Waals surface area contributed by atoms with Crippen LogP contribution in [-0.2, 0) is 6.42 Å². The molecule has 1 atom stereocenters. The smallest absolute Gasteiger partial charge is 0.127 e. The van der Waals surface area contributed by atoms with Gasteiger partial charge in [0.25, 0.3) is 0 Å². The van der Waals surface area contributed by atoms with E-state index < -0.39 is 0 Å². The van der Waals surface area contributed by atoms with Gasteiger partial charge in [0.05, 0.1) is 19.8 Å². The molecule has 0 aliphatic heterocycles. The molecule has 0 fully saturated rings. The van der Waals surface area contributed by atoms with E-state index in [2.05, 4.69) is 28.1 Å². The summed E-state index contributed by atoms with van der Waals surface area (Å²) in [4.78, 5) is 0. The monoisotopic (exact) mass is 335 g/mol. The van der Waals surface area contributed by atoms with Crippen LogP contribution in [0.4, 0.5) is 0 Å². The first-order chi connectivity index (χ1) is 9.65. The summed E-state index contributed by atoms with van der Waals surface area (Å²) in [5.41, 5.74) is 8.42. The molecule has 106 valence electrons. The van der Waals surface area contributed by atoms with Gasteiger partial charge in [-0.25, -0.2) is 0 Å². The average Bonchev–Trinajstić information content (AvgIpc) is 2.48. The highest BCUT2D eigenvalue weighted by molar-refractivity contribution is 9.10. The Kier molecular flexibility index (Phi) is 5.04. The largest absolute Gasteiger partial charge is 0.496 e. The molecule has 0 saturated carbocycles. The lowest BCUT2D eigenvalue weighted by molar-refractivity contribution is 0.379. The summed E-state index contributed by atoms with van der Waals surface area (Å²) in [6.07, 6.45) is 0.726. The third-order valence-electron chi connectivity index (χ3n) is 3.21. The fourth-order valence-corrected chi connectivity index (χ4v) is 2.49. The van der Waals surface area contributed by atoms with Crippen molar-refractivity contribution in [1.82, 2.24) is 0 Å². The Bertz CT molecular complexity index is 547. The van der Waals surface area contributed by atoms with Crippen molar-refractivity contribution in [1.29, 1.82) is 0 Å². The summed E-state index contributed by atoms with van der Waals surface area (Å²) in [6.45, 7) is 0.